The highest BCUT2D eigenvalue weighted by Gasteiger charge is 2.39. The third-order valence-corrected chi connectivity index (χ3v) is 3.16. The molecule has 5 heteroatoms. The predicted octanol–water partition coefficient (Wildman–Crippen LogP) is 1.68. The summed E-state index contributed by atoms with van der Waals surface area (Å²) in [6, 6.07) is -0.0789. The van der Waals surface area contributed by atoms with E-state index in [2.05, 4.69) is 26.1 Å². The minimum atomic E-state index is -0.825. The first-order valence-electron chi connectivity index (χ1n) is 6.10. The number of carbonyl (C=O) groups excluding carboxylic acids is 1. The third kappa shape index (κ3) is 3.91. The Labute approximate surface area is 102 Å². The van der Waals surface area contributed by atoms with Gasteiger partial charge in [-0.25, -0.2) is 4.79 Å². The zero-order chi connectivity index (χ0) is 13.1. The Morgan fingerprint density at radius 2 is 2.12 bits per heavy atom. The lowest BCUT2D eigenvalue weighted by Crippen LogP contribution is -2.48. The van der Waals surface area contributed by atoms with Gasteiger partial charge in [-0.2, -0.15) is 0 Å². The van der Waals surface area contributed by atoms with Crippen LogP contribution in [0.25, 0.3) is 0 Å². The van der Waals surface area contributed by atoms with Crippen LogP contribution < -0.4 is 5.32 Å². The Bertz CT molecular complexity index is 302. The Morgan fingerprint density at radius 1 is 1.47 bits per heavy atom. The van der Waals surface area contributed by atoms with E-state index < -0.39 is 5.97 Å². The lowest BCUT2D eigenvalue weighted by Gasteiger charge is -2.31. The molecule has 0 saturated carbocycles. The van der Waals surface area contributed by atoms with Crippen molar-refractivity contribution in [3.8, 4) is 0 Å². The standard InChI is InChI=1S/C12H22N2O3/c1-9-7-12(2,3)14(8-9)11(17)13-6-4-5-10(15)16/h9H,4-8H2,1-3H3,(H,13,17)(H,15,16). The second-order valence-electron chi connectivity index (χ2n) is 5.46. The molecule has 2 amide bonds. The maximum atomic E-state index is 11.9. The zero-order valence-corrected chi connectivity index (χ0v) is 10.8. The number of nitrogens with one attached hydrogen (secondary N) is 1. The van der Waals surface area contributed by atoms with Gasteiger partial charge in [-0.1, -0.05) is 6.92 Å². The largest absolute Gasteiger partial charge is 0.481 e. The number of carboxylic acid groups (broad SMARTS) is 1. The van der Waals surface area contributed by atoms with E-state index >= 15 is 0 Å². The van der Waals surface area contributed by atoms with E-state index in [4.69, 9.17) is 5.11 Å². The number of urea groups is 1. The highest BCUT2D eigenvalue weighted by molar-refractivity contribution is 5.75. The van der Waals surface area contributed by atoms with E-state index in [9.17, 15) is 9.59 Å². The van der Waals surface area contributed by atoms with Gasteiger partial charge in [0.15, 0.2) is 0 Å². The number of nitrogens with zero attached hydrogens (tertiary/aromatic N) is 1. The van der Waals surface area contributed by atoms with E-state index in [-0.39, 0.29) is 18.0 Å². The molecule has 1 aliphatic rings. The fourth-order valence-electron chi connectivity index (χ4n) is 2.47. The first kappa shape index (κ1) is 13.8. The molecule has 1 rings (SSSR count). The highest BCUT2D eigenvalue weighted by Crippen LogP contribution is 2.31. The van der Waals surface area contributed by atoms with E-state index in [1.165, 1.54) is 0 Å². The molecule has 0 aromatic carbocycles. The summed E-state index contributed by atoms with van der Waals surface area (Å²) in [5, 5.41) is 11.3. The van der Waals surface area contributed by atoms with Crippen molar-refractivity contribution < 1.29 is 14.7 Å². The van der Waals surface area contributed by atoms with Gasteiger partial charge in [0.1, 0.15) is 0 Å². The molecule has 0 aromatic rings. The fourth-order valence-corrected chi connectivity index (χ4v) is 2.47. The quantitative estimate of drug-likeness (QED) is 0.737. The van der Waals surface area contributed by atoms with Crippen LogP contribution in [0.5, 0.6) is 0 Å². The van der Waals surface area contributed by atoms with Crippen LogP contribution in [-0.2, 0) is 4.79 Å². The summed E-state index contributed by atoms with van der Waals surface area (Å²) < 4.78 is 0. The average Bonchev–Trinajstić information content (AvgIpc) is 2.46. The van der Waals surface area contributed by atoms with E-state index in [1.54, 1.807) is 0 Å². The summed E-state index contributed by atoms with van der Waals surface area (Å²) in [5.74, 6) is -0.302. The summed E-state index contributed by atoms with van der Waals surface area (Å²) in [7, 11) is 0. The summed E-state index contributed by atoms with van der Waals surface area (Å²) in [4.78, 5) is 24.1. The molecule has 1 aliphatic heterocycles. The van der Waals surface area contributed by atoms with Crippen molar-refractivity contribution in [3.63, 3.8) is 0 Å². The Morgan fingerprint density at radius 3 is 2.59 bits per heavy atom. The van der Waals surface area contributed by atoms with Crippen LogP contribution in [-0.4, -0.2) is 40.6 Å². The van der Waals surface area contributed by atoms with Gasteiger partial charge in [-0.3, -0.25) is 4.79 Å². The molecule has 2 N–H and O–H groups in total. The molecule has 0 aliphatic carbocycles. The molecule has 0 bridgehead atoms. The number of likely N-dealkylation sites (tertiary alicyclic amines) is 1. The van der Waals surface area contributed by atoms with Crippen molar-refractivity contribution in [3.05, 3.63) is 0 Å². The van der Waals surface area contributed by atoms with Crippen LogP contribution >= 0.6 is 0 Å². The fraction of sp³-hybridized carbons (Fsp3) is 0.833. The van der Waals surface area contributed by atoms with Crippen LogP contribution in [0.2, 0.25) is 0 Å². The van der Waals surface area contributed by atoms with E-state index in [1.807, 2.05) is 4.90 Å². The van der Waals surface area contributed by atoms with Gasteiger partial charge in [-0.05, 0) is 32.6 Å². The maximum absolute atomic E-state index is 11.9. The first-order chi connectivity index (χ1) is 7.83. The summed E-state index contributed by atoms with van der Waals surface area (Å²) in [6.07, 6.45) is 1.58. The number of carbonyl (C=O) groups is 2. The van der Waals surface area contributed by atoms with Crippen LogP contribution in [0.4, 0.5) is 4.79 Å². The van der Waals surface area contributed by atoms with Gasteiger partial charge in [0, 0.05) is 25.0 Å². The predicted molar refractivity (Wildman–Crippen MR) is 64.8 cm³/mol. The van der Waals surface area contributed by atoms with Crippen LogP contribution in [0, 0.1) is 5.92 Å². The minimum absolute atomic E-state index is 0.0789. The molecule has 1 saturated heterocycles. The van der Waals surface area contributed by atoms with Gasteiger partial charge in [-0.15, -0.1) is 0 Å². The number of rotatable bonds is 4. The van der Waals surface area contributed by atoms with Crippen molar-refractivity contribution in [1.29, 1.82) is 0 Å². The molecule has 1 heterocycles. The molecule has 5 nitrogen and oxygen atoms in total. The topological polar surface area (TPSA) is 69.6 Å². The van der Waals surface area contributed by atoms with Crippen LogP contribution in [0.1, 0.15) is 40.0 Å². The zero-order valence-electron chi connectivity index (χ0n) is 10.8. The Balaban J connectivity index is 2.35. The first-order valence-corrected chi connectivity index (χ1v) is 6.10. The van der Waals surface area contributed by atoms with E-state index in [0.29, 0.717) is 18.9 Å². The Hall–Kier alpha value is -1.26. The average molecular weight is 242 g/mol. The number of amides is 2. The van der Waals surface area contributed by atoms with Gasteiger partial charge >= 0.3 is 12.0 Å². The lowest BCUT2D eigenvalue weighted by atomic mass is 9.98. The molecule has 1 fully saturated rings. The highest BCUT2D eigenvalue weighted by atomic mass is 16.4. The molecule has 98 valence electrons. The normalized spacial score (nSPS) is 22.5. The lowest BCUT2D eigenvalue weighted by molar-refractivity contribution is -0.137. The number of hydrogen-bond donors (Lipinski definition) is 2. The van der Waals surface area contributed by atoms with Crippen molar-refractivity contribution in [2.45, 2.75) is 45.6 Å². The molecule has 1 unspecified atom stereocenters. The molecular formula is C12H22N2O3. The van der Waals surface area contributed by atoms with Crippen molar-refractivity contribution >= 4 is 12.0 Å². The molecule has 0 radical (unpaired) electrons. The molecule has 17 heavy (non-hydrogen) atoms. The third-order valence-electron chi connectivity index (χ3n) is 3.16. The smallest absolute Gasteiger partial charge is 0.317 e. The minimum Gasteiger partial charge on any atom is -0.481 e. The van der Waals surface area contributed by atoms with Crippen LogP contribution in [0.15, 0.2) is 0 Å². The summed E-state index contributed by atoms with van der Waals surface area (Å²) in [6.45, 7) is 7.46. The second-order valence-corrected chi connectivity index (χ2v) is 5.46. The van der Waals surface area contributed by atoms with Gasteiger partial charge in [0.05, 0.1) is 0 Å². The summed E-state index contributed by atoms with van der Waals surface area (Å²) >= 11 is 0. The monoisotopic (exact) mass is 242 g/mol. The summed E-state index contributed by atoms with van der Waals surface area (Å²) in [5.41, 5.74) is -0.101. The molecule has 0 aromatic heterocycles. The molecule has 0 spiro atoms. The Kier molecular flexibility index (Phi) is 4.37. The van der Waals surface area contributed by atoms with Crippen molar-refractivity contribution in [1.82, 2.24) is 10.2 Å². The van der Waals surface area contributed by atoms with Crippen LogP contribution in [0.3, 0.4) is 0 Å². The second kappa shape index (κ2) is 5.38. The van der Waals surface area contributed by atoms with Crippen molar-refractivity contribution in [2.75, 3.05) is 13.1 Å². The number of aliphatic carboxylic acids is 1. The number of carboxylic acids is 1. The molecular weight excluding hydrogens is 220 g/mol. The van der Waals surface area contributed by atoms with E-state index in [0.717, 1.165) is 13.0 Å². The SMILES string of the molecule is CC1CN(C(=O)NCCCC(=O)O)C(C)(C)C1. The maximum Gasteiger partial charge on any atom is 0.317 e. The van der Waals surface area contributed by atoms with Crippen molar-refractivity contribution in [2.24, 2.45) is 5.92 Å². The van der Waals surface area contributed by atoms with Gasteiger partial charge < -0.3 is 15.3 Å². The van der Waals surface area contributed by atoms with Gasteiger partial charge in [0.25, 0.3) is 0 Å². The molecule has 1 atom stereocenters. The van der Waals surface area contributed by atoms with Gasteiger partial charge in [0.2, 0.25) is 0 Å². The number of hydrogen-bond acceptors (Lipinski definition) is 2.